The molecule has 2 saturated heterocycles. The van der Waals surface area contributed by atoms with Crippen LogP contribution >= 0.6 is 15.9 Å². The number of rotatable bonds is 3. The van der Waals surface area contributed by atoms with E-state index < -0.39 is 0 Å². The zero-order chi connectivity index (χ0) is 12.5. The monoisotopic (exact) mass is 308 g/mol. The van der Waals surface area contributed by atoms with Gasteiger partial charge in [0.2, 0.25) is 0 Å². The summed E-state index contributed by atoms with van der Waals surface area (Å²) < 4.78 is 1.19. The fourth-order valence-corrected chi connectivity index (χ4v) is 4.17. The van der Waals surface area contributed by atoms with E-state index in [2.05, 4.69) is 57.3 Å². The van der Waals surface area contributed by atoms with Crippen molar-refractivity contribution in [1.82, 2.24) is 10.2 Å². The molecule has 18 heavy (non-hydrogen) atoms. The Morgan fingerprint density at radius 2 is 2.28 bits per heavy atom. The van der Waals surface area contributed by atoms with Gasteiger partial charge >= 0.3 is 0 Å². The molecule has 0 aromatic heterocycles. The Morgan fingerprint density at radius 3 is 3.06 bits per heavy atom. The molecule has 2 nitrogen and oxygen atoms in total. The summed E-state index contributed by atoms with van der Waals surface area (Å²) in [6.45, 7) is 7.14. The lowest BCUT2D eigenvalue weighted by molar-refractivity contribution is 0.210. The molecule has 1 N–H and O–H groups in total. The molecule has 2 aliphatic rings. The van der Waals surface area contributed by atoms with E-state index in [9.17, 15) is 0 Å². The molecule has 0 bridgehead atoms. The van der Waals surface area contributed by atoms with Gasteiger partial charge in [0, 0.05) is 23.6 Å². The van der Waals surface area contributed by atoms with Crippen LogP contribution in [0, 0.1) is 11.8 Å². The Hall–Kier alpha value is -0.380. The Balaban J connectivity index is 1.73. The van der Waals surface area contributed by atoms with E-state index >= 15 is 0 Å². The summed E-state index contributed by atoms with van der Waals surface area (Å²) >= 11 is 3.56. The summed E-state index contributed by atoms with van der Waals surface area (Å²) in [7, 11) is 0. The predicted molar refractivity (Wildman–Crippen MR) is 78.5 cm³/mol. The molecule has 3 heteroatoms. The second-order valence-corrected chi connectivity index (χ2v) is 6.53. The number of nitrogens with zero attached hydrogens (tertiary/aromatic N) is 1. The quantitative estimate of drug-likeness (QED) is 0.923. The molecule has 1 aromatic rings. The highest BCUT2D eigenvalue weighted by Crippen LogP contribution is 2.35. The van der Waals surface area contributed by atoms with Gasteiger partial charge in [0.25, 0.3) is 0 Å². The first-order valence-corrected chi connectivity index (χ1v) is 7.76. The molecule has 2 heterocycles. The molecule has 0 aliphatic carbocycles. The van der Waals surface area contributed by atoms with Crippen LogP contribution in [0.25, 0.3) is 0 Å². The van der Waals surface area contributed by atoms with Gasteiger partial charge in [0.15, 0.2) is 0 Å². The van der Waals surface area contributed by atoms with Crippen molar-refractivity contribution in [3.8, 4) is 0 Å². The van der Waals surface area contributed by atoms with Crippen LogP contribution in [0.2, 0.25) is 0 Å². The number of likely N-dealkylation sites (tertiary alicyclic amines) is 1. The molecule has 98 valence electrons. The van der Waals surface area contributed by atoms with Gasteiger partial charge in [-0.1, -0.05) is 35.0 Å². The minimum Gasteiger partial charge on any atom is -0.316 e. The van der Waals surface area contributed by atoms with Crippen LogP contribution in [-0.4, -0.2) is 30.6 Å². The molecule has 2 aliphatic heterocycles. The third-order valence-corrected chi connectivity index (χ3v) is 5.01. The fraction of sp³-hybridized carbons (Fsp3) is 0.600. The minimum absolute atomic E-state index is 0.768. The summed E-state index contributed by atoms with van der Waals surface area (Å²) in [6.07, 6.45) is 1.27. The van der Waals surface area contributed by atoms with Crippen molar-refractivity contribution >= 4 is 15.9 Å². The summed E-state index contributed by atoms with van der Waals surface area (Å²) in [5.74, 6) is 1.75. The summed E-state index contributed by atoms with van der Waals surface area (Å²) in [5.41, 5.74) is 1.43. The lowest BCUT2D eigenvalue weighted by atomic mass is 9.93. The maximum Gasteiger partial charge on any atom is 0.0237 e. The molecule has 0 amide bonds. The van der Waals surface area contributed by atoms with Gasteiger partial charge < -0.3 is 5.32 Å². The van der Waals surface area contributed by atoms with Crippen LogP contribution in [0.4, 0.5) is 0 Å². The summed E-state index contributed by atoms with van der Waals surface area (Å²) in [5, 5.41) is 3.55. The maximum absolute atomic E-state index is 3.56. The summed E-state index contributed by atoms with van der Waals surface area (Å²) in [6, 6.07) is 9.49. The fourth-order valence-electron chi connectivity index (χ4n) is 3.72. The van der Waals surface area contributed by atoms with Crippen molar-refractivity contribution in [3.63, 3.8) is 0 Å². The lowest BCUT2D eigenvalue weighted by Crippen LogP contribution is -2.34. The van der Waals surface area contributed by atoms with Crippen LogP contribution < -0.4 is 5.32 Å². The van der Waals surface area contributed by atoms with E-state index in [4.69, 9.17) is 0 Å². The van der Waals surface area contributed by atoms with Crippen LogP contribution in [-0.2, 0) is 6.54 Å². The molecule has 1 aromatic carbocycles. The van der Waals surface area contributed by atoms with Gasteiger partial charge in [-0.3, -0.25) is 4.90 Å². The van der Waals surface area contributed by atoms with Crippen molar-refractivity contribution in [1.29, 1.82) is 0 Å². The molecule has 3 unspecified atom stereocenters. The predicted octanol–water partition coefficient (Wildman–Crippen LogP) is 2.88. The molecular formula is C15H21BrN2. The SMILES string of the molecule is CCC1C2CNCC2CN1Cc1cccc(Br)c1. The van der Waals surface area contributed by atoms with Crippen molar-refractivity contribution in [3.05, 3.63) is 34.3 Å². The van der Waals surface area contributed by atoms with E-state index in [0.29, 0.717) is 0 Å². The van der Waals surface area contributed by atoms with E-state index in [1.54, 1.807) is 0 Å². The Morgan fingerprint density at radius 1 is 1.39 bits per heavy atom. The standard InChI is InChI=1S/C15H21BrN2/c1-2-15-14-8-17-7-12(14)10-18(15)9-11-4-3-5-13(16)6-11/h3-6,12,14-15,17H,2,7-10H2,1H3. The van der Waals surface area contributed by atoms with Crippen molar-refractivity contribution in [2.24, 2.45) is 11.8 Å². The van der Waals surface area contributed by atoms with Gasteiger partial charge in [0.05, 0.1) is 0 Å². The second kappa shape index (κ2) is 5.32. The van der Waals surface area contributed by atoms with Crippen molar-refractivity contribution in [2.45, 2.75) is 25.9 Å². The number of benzene rings is 1. The molecule has 3 atom stereocenters. The third kappa shape index (κ3) is 2.36. The first-order valence-electron chi connectivity index (χ1n) is 6.97. The number of fused-ring (bicyclic) bond motifs is 1. The van der Waals surface area contributed by atoms with Crippen LogP contribution in [0.15, 0.2) is 28.7 Å². The van der Waals surface area contributed by atoms with Gasteiger partial charge in [-0.25, -0.2) is 0 Å². The van der Waals surface area contributed by atoms with Crippen LogP contribution in [0.5, 0.6) is 0 Å². The molecule has 0 radical (unpaired) electrons. The zero-order valence-electron chi connectivity index (χ0n) is 10.9. The van der Waals surface area contributed by atoms with Crippen LogP contribution in [0.1, 0.15) is 18.9 Å². The Labute approximate surface area is 118 Å². The Kier molecular flexibility index (Phi) is 3.73. The molecular weight excluding hydrogens is 288 g/mol. The van der Waals surface area contributed by atoms with E-state index in [-0.39, 0.29) is 0 Å². The number of nitrogens with one attached hydrogen (secondary N) is 1. The first-order chi connectivity index (χ1) is 8.78. The smallest absolute Gasteiger partial charge is 0.0237 e. The van der Waals surface area contributed by atoms with E-state index in [1.807, 2.05) is 0 Å². The number of halogens is 1. The normalized spacial score (nSPS) is 31.8. The number of hydrogen-bond donors (Lipinski definition) is 1. The average molecular weight is 309 g/mol. The second-order valence-electron chi connectivity index (χ2n) is 5.62. The highest BCUT2D eigenvalue weighted by molar-refractivity contribution is 9.10. The van der Waals surface area contributed by atoms with E-state index in [0.717, 1.165) is 24.4 Å². The van der Waals surface area contributed by atoms with Gasteiger partial charge in [-0.05, 0) is 49.0 Å². The van der Waals surface area contributed by atoms with E-state index in [1.165, 1.54) is 36.1 Å². The molecule has 2 fully saturated rings. The highest BCUT2D eigenvalue weighted by Gasteiger charge is 2.42. The average Bonchev–Trinajstić information content (AvgIpc) is 2.89. The third-order valence-electron chi connectivity index (χ3n) is 4.52. The zero-order valence-corrected chi connectivity index (χ0v) is 12.5. The largest absolute Gasteiger partial charge is 0.316 e. The maximum atomic E-state index is 3.56. The highest BCUT2D eigenvalue weighted by atomic mass is 79.9. The molecule has 0 spiro atoms. The lowest BCUT2D eigenvalue weighted by Gasteiger charge is -2.26. The van der Waals surface area contributed by atoms with Crippen molar-refractivity contribution < 1.29 is 0 Å². The molecule has 0 saturated carbocycles. The van der Waals surface area contributed by atoms with Gasteiger partial charge in [-0.2, -0.15) is 0 Å². The van der Waals surface area contributed by atoms with Crippen LogP contribution in [0.3, 0.4) is 0 Å². The Bertz CT molecular complexity index is 421. The topological polar surface area (TPSA) is 15.3 Å². The van der Waals surface area contributed by atoms with Gasteiger partial charge in [-0.15, -0.1) is 0 Å². The van der Waals surface area contributed by atoms with Gasteiger partial charge in [0.1, 0.15) is 0 Å². The minimum atomic E-state index is 0.768. The first kappa shape index (κ1) is 12.6. The number of hydrogen-bond acceptors (Lipinski definition) is 2. The molecule has 3 rings (SSSR count). The summed E-state index contributed by atoms with van der Waals surface area (Å²) in [4.78, 5) is 2.69. The van der Waals surface area contributed by atoms with Crippen molar-refractivity contribution in [2.75, 3.05) is 19.6 Å².